The van der Waals surface area contributed by atoms with Crippen LogP contribution in [0.1, 0.15) is 18.4 Å². The number of benzene rings is 1. The SMILES string of the molecule is Fc1ccccc1CN1CCC(C2OCCO2)CC1. The molecular weight excluding hydrogens is 245 g/mol. The zero-order valence-corrected chi connectivity index (χ0v) is 11.1. The fourth-order valence-corrected chi connectivity index (χ4v) is 2.90. The number of halogens is 1. The Morgan fingerprint density at radius 1 is 1.11 bits per heavy atom. The molecule has 2 heterocycles. The average molecular weight is 265 g/mol. The van der Waals surface area contributed by atoms with Gasteiger partial charge in [0.15, 0.2) is 6.29 Å². The second-order valence-corrected chi connectivity index (χ2v) is 5.31. The topological polar surface area (TPSA) is 21.7 Å². The van der Waals surface area contributed by atoms with Crippen LogP contribution in [0.2, 0.25) is 0 Å². The third kappa shape index (κ3) is 3.14. The monoisotopic (exact) mass is 265 g/mol. The van der Waals surface area contributed by atoms with Crippen molar-refractivity contribution in [1.29, 1.82) is 0 Å². The third-order valence-electron chi connectivity index (χ3n) is 4.02. The van der Waals surface area contributed by atoms with E-state index in [1.165, 1.54) is 6.07 Å². The molecule has 0 aliphatic carbocycles. The van der Waals surface area contributed by atoms with Crippen molar-refractivity contribution in [3.05, 3.63) is 35.6 Å². The maximum Gasteiger partial charge on any atom is 0.160 e. The van der Waals surface area contributed by atoms with Crippen molar-refractivity contribution >= 4 is 0 Å². The van der Waals surface area contributed by atoms with Crippen LogP contribution in [0.5, 0.6) is 0 Å². The number of hydrogen-bond acceptors (Lipinski definition) is 3. The summed E-state index contributed by atoms with van der Waals surface area (Å²) in [5, 5.41) is 0. The molecule has 2 fully saturated rings. The van der Waals surface area contributed by atoms with Crippen LogP contribution in [0.15, 0.2) is 24.3 Å². The van der Waals surface area contributed by atoms with Gasteiger partial charge in [0.2, 0.25) is 0 Å². The molecule has 0 spiro atoms. The van der Waals surface area contributed by atoms with Crippen molar-refractivity contribution in [2.45, 2.75) is 25.7 Å². The Labute approximate surface area is 113 Å². The Morgan fingerprint density at radius 2 is 1.79 bits per heavy atom. The molecule has 0 atom stereocenters. The second-order valence-electron chi connectivity index (χ2n) is 5.31. The summed E-state index contributed by atoms with van der Waals surface area (Å²) in [5.74, 6) is 0.395. The van der Waals surface area contributed by atoms with Crippen LogP contribution in [0.3, 0.4) is 0 Å². The van der Waals surface area contributed by atoms with Crippen LogP contribution < -0.4 is 0 Å². The minimum atomic E-state index is -0.105. The normalized spacial score (nSPS) is 23.0. The first-order chi connectivity index (χ1) is 9.33. The Hall–Kier alpha value is -0.970. The molecule has 2 saturated heterocycles. The molecule has 4 heteroatoms. The lowest BCUT2D eigenvalue weighted by atomic mass is 9.96. The summed E-state index contributed by atoms with van der Waals surface area (Å²) in [6.07, 6.45) is 2.13. The van der Waals surface area contributed by atoms with E-state index in [9.17, 15) is 4.39 Å². The van der Waals surface area contributed by atoms with Gasteiger partial charge in [-0.2, -0.15) is 0 Å². The van der Waals surface area contributed by atoms with E-state index in [2.05, 4.69) is 4.90 Å². The highest BCUT2D eigenvalue weighted by Gasteiger charge is 2.30. The van der Waals surface area contributed by atoms with Gasteiger partial charge in [-0.25, -0.2) is 4.39 Å². The first kappa shape index (κ1) is 13.0. The van der Waals surface area contributed by atoms with Crippen molar-refractivity contribution in [2.75, 3.05) is 26.3 Å². The standard InChI is InChI=1S/C15H20FNO2/c16-14-4-2-1-3-13(14)11-17-7-5-12(6-8-17)15-18-9-10-19-15/h1-4,12,15H,5-11H2. The van der Waals surface area contributed by atoms with E-state index < -0.39 is 0 Å². The third-order valence-corrected chi connectivity index (χ3v) is 4.02. The highest BCUT2D eigenvalue weighted by atomic mass is 19.1. The molecule has 104 valence electrons. The molecule has 3 rings (SSSR count). The van der Waals surface area contributed by atoms with Gasteiger partial charge >= 0.3 is 0 Å². The number of likely N-dealkylation sites (tertiary alicyclic amines) is 1. The van der Waals surface area contributed by atoms with Gasteiger partial charge in [0, 0.05) is 18.0 Å². The predicted molar refractivity (Wildman–Crippen MR) is 70.1 cm³/mol. The van der Waals surface area contributed by atoms with Gasteiger partial charge in [-0.15, -0.1) is 0 Å². The molecule has 0 radical (unpaired) electrons. The van der Waals surface area contributed by atoms with Crippen molar-refractivity contribution in [2.24, 2.45) is 5.92 Å². The van der Waals surface area contributed by atoms with E-state index in [-0.39, 0.29) is 12.1 Å². The zero-order chi connectivity index (χ0) is 13.1. The predicted octanol–water partition coefficient (Wildman–Crippen LogP) is 2.41. The summed E-state index contributed by atoms with van der Waals surface area (Å²) in [6.45, 7) is 4.12. The first-order valence-electron chi connectivity index (χ1n) is 7.02. The molecule has 0 N–H and O–H groups in total. The fourth-order valence-electron chi connectivity index (χ4n) is 2.90. The number of hydrogen-bond donors (Lipinski definition) is 0. The minimum absolute atomic E-state index is 0.00406. The molecule has 19 heavy (non-hydrogen) atoms. The molecule has 0 saturated carbocycles. The number of nitrogens with zero attached hydrogens (tertiary/aromatic N) is 1. The van der Waals surface area contributed by atoms with E-state index in [0.29, 0.717) is 12.5 Å². The first-order valence-corrected chi connectivity index (χ1v) is 7.02. The van der Waals surface area contributed by atoms with Crippen LogP contribution >= 0.6 is 0 Å². The quantitative estimate of drug-likeness (QED) is 0.837. The van der Waals surface area contributed by atoms with Crippen LogP contribution in [0.4, 0.5) is 4.39 Å². The molecular formula is C15H20FNO2. The molecule has 3 nitrogen and oxygen atoms in total. The van der Waals surface area contributed by atoms with Gasteiger partial charge in [0.05, 0.1) is 13.2 Å². The molecule has 1 aromatic rings. The van der Waals surface area contributed by atoms with Crippen LogP contribution in [0.25, 0.3) is 0 Å². The van der Waals surface area contributed by atoms with Gasteiger partial charge in [-0.1, -0.05) is 18.2 Å². The number of rotatable bonds is 3. The summed E-state index contributed by atoms with van der Waals surface area (Å²) < 4.78 is 24.7. The molecule has 1 aromatic carbocycles. The molecule has 0 amide bonds. The smallest absolute Gasteiger partial charge is 0.160 e. The summed E-state index contributed by atoms with van der Waals surface area (Å²) in [5.41, 5.74) is 0.786. The number of ether oxygens (including phenoxy) is 2. The highest BCUT2D eigenvalue weighted by molar-refractivity contribution is 5.17. The minimum Gasteiger partial charge on any atom is -0.350 e. The zero-order valence-electron chi connectivity index (χ0n) is 11.1. The molecule has 0 aromatic heterocycles. The maximum absolute atomic E-state index is 13.6. The Balaban J connectivity index is 1.51. The molecule has 0 bridgehead atoms. The van der Waals surface area contributed by atoms with Crippen LogP contribution in [-0.2, 0) is 16.0 Å². The van der Waals surface area contributed by atoms with Gasteiger partial charge in [-0.05, 0) is 32.0 Å². The van der Waals surface area contributed by atoms with Crippen molar-refractivity contribution in [3.8, 4) is 0 Å². The summed E-state index contributed by atoms with van der Waals surface area (Å²) >= 11 is 0. The summed E-state index contributed by atoms with van der Waals surface area (Å²) in [6, 6.07) is 7.03. The largest absolute Gasteiger partial charge is 0.350 e. The highest BCUT2D eigenvalue weighted by Crippen LogP contribution is 2.26. The number of piperidine rings is 1. The summed E-state index contributed by atoms with van der Waals surface area (Å²) in [4.78, 5) is 2.31. The fraction of sp³-hybridized carbons (Fsp3) is 0.600. The van der Waals surface area contributed by atoms with E-state index in [4.69, 9.17) is 9.47 Å². The van der Waals surface area contributed by atoms with Gasteiger partial charge in [0.25, 0.3) is 0 Å². The van der Waals surface area contributed by atoms with E-state index >= 15 is 0 Å². The van der Waals surface area contributed by atoms with E-state index in [0.717, 1.165) is 44.7 Å². The second kappa shape index (κ2) is 5.99. The van der Waals surface area contributed by atoms with Crippen LogP contribution in [0, 0.1) is 11.7 Å². The van der Waals surface area contributed by atoms with Gasteiger partial charge in [0.1, 0.15) is 5.82 Å². The lowest BCUT2D eigenvalue weighted by Crippen LogP contribution is -2.37. The van der Waals surface area contributed by atoms with Gasteiger partial charge < -0.3 is 9.47 Å². The molecule has 2 aliphatic heterocycles. The van der Waals surface area contributed by atoms with Gasteiger partial charge in [-0.3, -0.25) is 4.90 Å². The Morgan fingerprint density at radius 3 is 2.47 bits per heavy atom. The maximum atomic E-state index is 13.6. The molecule has 0 unspecified atom stereocenters. The lowest BCUT2D eigenvalue weighted by molar-refractivity contribution is -0.0978. The van der Waals surface area contributed by atoms with Crippen molar-refractivity contribution in [1.82, 2.24) is 4.90 Å². The van der Waals surface area contributed by atoms with E-state index in [1.807, 2.05) is 12.1 Å². The van der Waals surface area contributed by atoms with Crippen molar-refractivity contribution in [3.63, 3.8) is 0 Å². The van der Waals surface area contributed by atoms with Crippen molar-refractivity contribution < 1.29 is 13.9 Å². The lowest BCUT2D eigenvalue weighted by Gasteiger charge is -2.33. The Bertz CT molecular complexity index is 412. The van der Waals surface area contributed by atoms with E-state index in [1.54, 1.807) is 6.07 Å². The molecule has 2 aliphatic rings. The Kier molecular flexibility index (Phi) is 4.11. The van der Waals surface area contributed by atoms with Crippen LogP contribution in [-0.4, -0.2) is 37.5 Å². The average Bonchev–Trinajstić information content (AvgIpc) is 2.96. The summed E-state index contributed by atoms with van der Waals surface area (Å²) in [7, 11) is 0.